The van der Waals surface area contributed by atoms with Gasteiger partial charge < -0.3 is 35.3 Å². The van der Waals surface area contributed by atoms with Crippen LogP contribution in [0.25, 0.3) is 0 Å². The van der Waals surface area contributed by atoms with E-state index in [-0.39, 0.29) is 11.7 Å². The molecule has 0 aromatic heterocycles. The van der Waals surface area contributed by atoms with Gasteiger partial charge in [-0.15, -0.1) is 0 Å². The summed E-state index contributed by atoms with van der Waals surface area (Å²) >= 11 is 6.21. The van der Waals surface area contributed by atoms with Crippen molar-refractivity contribution in [1.29, 1.82) is 0 Å². The van der Waals surface area contributed by atoms with Crippen LogP contribution < -0.4 is 20.5 Å². The van der Waals surface area contributed by atoms with Gasteiger partial charge in [-0.1, -0.05) is 11.6 Å². The van der Waals surface area contributed by atoms with Crippen LogP contribution in [-0.4, -0.2) is 67.7 Å². The molecule has 168 valence electrons. The van der Waals surface area contributed by atoms with E-state index < -0.39 is 17.8 Å². The Balaban J connectivity index is 1.53. The van der Waals surface area contributed by atoms with Crippen LogP contribution in [0.4, 0.5) is 10.5 Å². The van der Waals surface area contributed by atoms with Gasteiger partial charge in [0.05, 0.1) is 16.8 Å². The molecule has 1 saturated heterocycles. The van der Waals surface area contributed by atoms with Crippen LogP contribution in [0, 0.1) is 5.92 Å². The van der Waals surface area contributed by atoms with E-state index >= 15 is 0 Å². The van der Waals surface area contributed by atoms with Crippen LogP contribution in [0.1, 0.15) is 32.3 Å². The summed E-state index contributed by atoms with van der Waals surface area (Å²) in [5.41, 5.74) is 6.83. The lowest BCUT2D eigenvalue weighted by Gasteiger charge is -2.35. The first kappa shape index (κ1) is 22.9. The highest BCUT2D eigenvalue weighted by Crippen LogP contribution is 2.47. The SMILES string of the molecule is COCCCN1CC[C@H](CNC(=O)Oc2cc(Cl)c(N)c3c2OC(C)(C)C3)[C@@H](O)C1. The number of β-amino-alcohol motifs (C(OH)–C–C–N with tert-alkyl or cyclic N) is 1. The molecule has 1 aromatic rings. The smallest absolute Gasteiger partial charge is 0.412 e. The Morgan fingerprint density at radius 2 is 2.27 bits per heavy atom. The number of methoxy groups -OCH3 is 1. The normalized spacial score (nSPS) is 23.0. The van der Waals surface area contributed by atoms with Crippen LogP contribution in [-0.2, 0) is 11.2 Å². The Kier molecular flexibility index (Phi) is 7.34. The number of nitrogens with two attached hydrogens (primary N) is 1. The summed E-state index contributed by atoms with van der Waals surface area (Å²) < 4.78 is 16.5. The molecule has 8 nitrogen and oxygen atoms in total. The average molecular weight is 442 g/mol. The van der Waals surface area contributed by atoms with Crippen molar-refractivity contribution in [2.75, 3.05) is 45.6 Å². The van der Waals surface area contributed by atoms with E-state index in [2.05, 4.69) is 10.2 Å². The van der Waals surface area contributed by atoms with Gasteiger partial charge in [-0.3, -0.25) is 0 Å². The molecule has 4 N–H and O–H groups in total. The van der Waals surface area contributed by atoms with Crippen molar-refractivity contribution >= 4 is 23.4 Å². The first-order valence-corrected chi connectivity index (χ1v) is 10.7. The molecule has 0 bridgehead atoms. The number of nitrogen functional groups attached to an aromatic ring is 1. The van der Waals surface area contributed by atoms with E-state index in [0.717, 1.165) is 31.5 Å². The van der Waals surface area contributed by atoms with Gasteiger partial charge in [0.2, 0.25) is 0 Å². The monoisotopic (exact) mass is 441 g/mol. The van der Waals surface area contributed by atoms with Crippen molar-refractivity contribution in [2.45, 2.75) is 44.8 Å². The number of hydrogen-bond donors (Lipinski definition) is 3. The Morgan fingerprint density at radius 3 is 2.97 bits per heavy atom. The Morgan fingerprint density at radius 1 is 1.50 bits per heavy atom. The number of fused-ring (bicyclic) bond motifs is 1. The molecule has 0 aliphatic carbocycles. The number of benzene rings is 1. The number of carbonyl (C=O) groups excluding carboxylic acids is 1. The molecule has 9 heteroatoms. The zero-order valence-corrected chi connectivity index (χ0v) is 18.6. The van der Waals surface area contributed by atoms with Crippen LogP contribution >= 0.6 is 11.6 Å². The Labute approximate surface area is 182 Å². The molecule has 1 amide bonds. The van der Waals surface area contributed by atoms with E-state index in [1.54, 1.807) is 7.11 Å². The number of halogens is 1. The number of ether oxygens (including phenoxy) is 3. The number of nitrogens with one attached hydrogen (secondary N) is 1. The molecule has 2 atom stereocenters. The van der Waals surface area contributed by atoms with E-state index in [0.29, 0.717) is 42.6 Å². The van der Waals surface area contributed by atoms with Gasteiger partial charge in [0, 0.05) is 57.3 Å². The minimum atomic E-state index is -0.610. The van der Waals surface area contributed by atoms with Crippen LogP contribution in [0.3, 0.4) is 0 Å². The molecule has 0 spiro atoms. The molecule has 2 aliphatic rings. The van der Waals surface area contributed by atoms with Gasteiger partial charge in [0.15, 0.2) is 11.5 Å². The predicted molar refractivity (Wildman–Crippen MR) is 115 cm³/mol. The summed E-state index contributed by atoms with van der Waals surface area (Å²) in [5.74, 6) is 0.689. The van der Waals surface area contributed by atoms with Gasteiger partial charge in [-0.2, -0.15) is 0 Å². The average Bonchev–Trinajstić information content (AvgIpc) is 3.01. The van der Waals surface area contributed by atoms with E-state index in [1.165, 1.54) is 6.07 Å². The number of aliphatic hydroxyl groups is 1. The highest BCUT2D eigenvalue weighted by Gasteiger charge is 2.36. The molecule has 30 heavy (non-hydrogen) atoms. The maximum Gasteiger partial charge on any atom is 0.412 e. The highest BCUT2D eigenvalue weighted by molar-refractivity contribution is 6.33. The standard InChI is InChI=1S/C21H32ClN3O5/c1-21(2)10-14-18(23)15(22)9-17(19(14)30-21)29-20(27)24-11-13-5-7-25(12-16(13)26)6-4-8-28-3/h9,13,16,26H,4-8,10-12,23H2,1-3H3,(H,24,27)/t13-,16+/m1/s1. The zero-order chi connectivity index (χ0) is 21.9. The number of carbonyl (C=O) groups is 1. The summed E-state index contributed by atoms with van der Waals surface area (Å²) in [5, 5.41) is 13.5. The number of piperidine rings is 1. The van der Waals surface area contributed by atoms with Crippen LogP contribution in [0.5, 0.6) is 11.5 Å². The molecule has 3 rings (SSSR count). The molecule has 0 radical (unpaired) electrons. The molecular weight excluding hydrogens is 410 g/mol. The summed E-state index contributed by atoms with van der Waals surface area (Å²) in [7, 11) is 1.69. The molecule has 2 heterocycles. The molecule has 1 fully saturated rings. The number of nitrogens with zero attached hydrogens (tertiary/aromatic N) is 1. The first-order chi connectivity index (χ1) is 14.2. The third-order valence-corrected chi connectivity index (χ3v) is 5.97. The van der Waals surface area contributed by atoms with Gasteiger partial charge in [0.25, 0.3) is 0 Å². The van der Waals surface area contributed by atoms with Crippen molar-refractivity contribution in [2.24, 2.45) is 5.92 Å². The van der Waals surface area contributed by atoms with Crippen LogP contribution in [0.2, 0.25) is 5.02 Å². The maximum absolute atomic E-state index is 12.4. The van der Waals surface area contributed by atoms with Gasteiger partial charge >= 0.3 is 6.09 Å². The largest absolute Gasteiger partial charge is 0.483 e. The number of hydrogen-bond acceptors (Lipinski definition) is 7. The second-order valence-corrected chi connectivity index (χ2v) is 9.06. The third kappa shape index (κ3) is 5.49. The highest BCUT2D eigenvalue weighted by atomic mass is 35.5. The predicted octanol–water partition coefficient (Wildman–Crippen LogP) is 2.44. The first-order valence-electron chi connectivity index (χ1n) is 10.3. The lowest BCUT2D eigenvalue weighted by Crippen LogP contribution is -2.48. The summed E-state index contributed by atoms with van der Waals surface area (Å²) in [6.07, 6.45) is 1.21. The van der Waals surface area contributed by atoms with Gasteiger partial charge in [0.1, 0.15) is 5.60 Å². The number of amides is 1. The fourth-order valence-corrected chi connectivity index (χ4v) is 4.26. The van der Waals surface area contributed by atoms with E-state index in [1.807, 2.05) is 13.8 Å². The Bertz CT molecular complexity index is 773. The topological polar surface area (TPSA) is 106 Å². The lowest BCUT2D eigenvalue weighted by molar-refractivity contribution is 0.0196. The molecule has 0 unspecified atom stereocenters. The molecule has 1 aromatic carbocycles. The van der Waals surface area contributed by atoms with Gasteiger partial charge in [-0.05, 0) is 33.2 Å². The summed E-state index contributed by atoms with van der Waals surface area (Å²) in [6.45, 7) is 7.29. The molecule has 0 saturated carbocycles. The zero-order valence-electron chi connectivity index (χ0n) is 17.9. The Hall–Kier alpha value is -1.74. The van der Waals surface area contributed by atoms with E-state index in [9.17, 15) is 9.90 Å². The molecular formula is C21H32ClN3O5. The van der Waals surface area contributed by atoms with Crippen molar-refractivity contribution in [3.8, 4) is 11.5 Å². The fourth-order valence-electron chi connectivity index (χ4n) is 4.04. The number of aliphatic hydroxyl groups excluding tert-OH is 1. The maximum atomic E-state index is 12.4. The quantitative estimate of drug-likeness (QED) is 0.440. The second kappa shape index (κ2) is 9.60. The second-order valence-electron chi connectivity index (χ2n) is 8.65. The van der Waals surface area contributed by atoms with Crippen LogP contribution in [0.15, 0.2) is 6.07 Å². The fraction of sp³-hybridized carbons (Fsp3) is 0.667. The third-order valence-electron chi connectivity index (χ3n) is 5.66. The van der Waals surface area contributed by atoms with Crippen molar-refractivity contribution in [1.82, 2.24) is 10.2 Å². The van der Waals surface area contributed by atoms with Gasteiger partial charge in [-0.25, -0.2) is 4.79 Å². The van der Waals surface area contributed by atoms with Crippen molar-refractivity contribution in [3.05, 3.63) is 16.7 Å². The summed E-state index contributed by atoms with van der Waals surface area (Å²) in [4.78, 5) is 14.6. The minimum absolute atomic E-state index is 0.0212. The lowest BCUT2D eigenvalue weighted by atomic mass is 9.94. The number of likely N-dealkylation sites (tertiary alicyclic amines) is 1. The number of anilines is 1. The summed E-state index contributed by atoms with van der Waals surface area (Å²) in [6, 6.07) is 1.50. The van der Waals surface area contributed by atoms with Crippen molar-refractivity contribution < 1.29 is 24.1 Å². The molecule has 2 aliphatic heterocycles. The minimum Gasteiger partial charge on any atom is -0.483 e. The number of rotatable bonds is 7. The van der Waals surface area contributed by atoms with E-state index in [4.69, 9.17) is 31.5 Å². The van der Waals surface area contributed by atoms with Crippen molar-refractivity contribution in [3.63, 3.8) is 0 Å².